The van der Waals surface area contributed by atoms with Crippen LogP contribution in [-0.2, 0) is 11.2 Å². The third-order valence-corrected chi connectivity index (χ3v) is 3.37. The van der Waals surface area contributed by atoms with Gasteiger partial charge in [0.15, 0.2) is 6.10 Å². The maximum absolute atomic E-state index is 11.9. The van der Waals surface area contributed by atoms with E-state index in [1.165, 1.54) is 4.90 Å². The summed E-state index contributed by atoms with van der Waals surface area (Å²) in [5.41, 5.74) is 6.99. The minimum atomic E-state index is -0.537. The molecule has 0 aliphatic heterocycles. The van der Waals surface area contributed by atoms with Crippen molar-refractivity contribution in [1.29, 1.82) is 0 Å². The first-order valence-electron chi connectivity index (χ1n) is 7.19. The van der Waals surface area contributed by atoms with Crippen LogP contribution in [0, 0.1) is 0 Å². The Balaban J connectivity index is 2.96. The zero-order chi connectivity index (χ0) is 16.0. The van der Waals surface area contributed by atoms with Crippen LogP contribution in [0.1, 0.15) is 25.8 Å². The standard InChI is InChI=1S/C16H26N2O3/c1-6-13(17)9-12-10-14(20-5)7-8-15(12)21-11(2)16(19)18(3)4/h7-8,10-11,13H,6,9,17H2,1-5H3. The molecule has 2 N–H and O–H groups in total. The molecule has 1 aromatic carbocycles. The second-order valence-electron chi connectivity index (χ2n) is 5.34. The second kappa shape index (κ2) is 7.88. The van der Waals surface area contributed by atoms with Gasteiger partial charge in [-0.05, 0) is 43.5 Å². The summed E-state index contributed by atoms with van der Waals surface area (Å²) in [5, 5.41) is 0. The van der Waals surface area contributed by atoms with Gasteiger partial charge in [0.25, 0.3) is 5.91 Å². The third-order valence-electron chi connectivity index (χ3n) is 3.37. The molecule has 0 saturated carbocycles. The molecule has 0 aliphatic rings. The molecule has 0 aliphatic carbocycles. The van der Waals surface area contributed by atoms with E-state index in [-0.39, 0.29) is 11.9 Å². The van der Waals surface area contributed by atoms with Gasteiger partial charge in [0.2, 0.25) is 0 Å². The lowest BCUT2D eigenvalue weighted by atomic mass is 10.0. The van der Waals surface area contributed by atoms with Crippen molar-refractivity contribution >= 4 is 5.91 Å². The van der Waals surface area contributed by atoms with E-state index in [4.69, 9.17) is 15.2 Å². The van der Waals surface area contributed by atoms with Crippen LogP contribution in [0.4, 0.5) is 0 Å². The van der Waals surface area contributed by atoms with Gasteiger partial charge in [0, 0.05) is 20.1 Å². The number of amides is 1. The van der Waals surface area contributed by atoms with E-state index in [0.29, 0.717) is 12.2 Å². The van der Waals surface area contributed by atoms with Crippen molar-refractivity contribution < 1.29 is 14.3 Å². The summed E-state index contributed by atoms with van der Waals surface area (Å²) < 4.78 is 11.1. The van der Waals surface area contributed by atoms with Gasteiger partial charge in [-0.15, -0.1) is 0 Å². The molecular weight excluding hydrogens is 268 g/mol. The summed E-state index contributed by atoms with van der Waals surface area (Å²) in [6, 6.07) is 5.62. The summed E-state index contributed by atoms with van der Waals surface area (Å²) in [4.78, 5) is 13.4. The molecule has 21 heavy (non-hydrogen) atoms. The predicted octanol–water partition coefficient (Wildman–Crippen LogP) is 1.83. The van der Waals surface area contributed by atoms with Crippen LogP contribution in [-0.4, -0.2) is 44.2 Å². The Labute approximate surface area is 127 Å². The van der Waals surface area contributed by atoms with Gasteiger partial charge in [-0.3, -0.25) is 4.79 Å². The third kappa shape index (κ3) is 4.93. The molecule has 1 aromatic rings. The van der Waals surface area contributed by atoms with Crippen molar-refractivity contribution in [3.63, 3.8) is 0 Å². The number of carbonyl (C=O) groups excluding carboxylic acids is 1. The van der Waals surface area contributed by atoms with E-state index in [1.807, 2.05) is 25.1 Å². The van der Waals surface area contributed by atoms with Gasteiger partial charge in [-0.1, -0.05) is 6.92 Å². The summed E-state index contributed by atoms with van der Waals surface area (Å²) in [7, 11) is 5.05. The van der Waals surface area contributed by atoms with Crippen molar-refractivity contribution in [2.75, 3.05) is 21.2 Å². The summed E-state index contributed by atoms with van der Waals surface area (Å²) in [6.07, 6.45) is 1.03. The van der Waals surface area contributed by atoms with Crippen LogP contribution in [0.25, 0.3) is 0 Å². The number of ether oxygens (including phenoxy) is 2. The number of rotatable bonds is 7. The van der Waals surface area contributed by atoms with E-state index < -0.39 is 6.10 Å². The molecular formula is C16H26N2O3. The number of hydrogen-bond acceptors (Lipinski definition) is 4. The quantitative estimate of drug-likeness (QED) is 0.833. The SMILES string of the molecule is CCC(N)Cc1cc(OC)ccc1OC(C)C(=O)N(C)C. The predicted molar refractivity (Wildman–Crippen MR) is 83.7 cm³/mol. The Bertz CT molecular complexity index is 475. The fourth-order valence-corrected chi connectivity index (χ4v) is 1.99. The monoisotopic (exact) mass is 294 g/mol. The second-order valence-corrected chi connectivity index (χ2v) is 5.34. The molecule has 1 amide bonds. The molecule has 0 saturated heterocycles. The zero-order valence-electron chi connectivity index (χ0n) is 13.6. The van der Waals surface area contributed by atoms with Gasteiger partial charge >= 0.3 is 0 Å². The molecule has 2 atom stereocenters. The number of benzene rings is 1. The Kier molecular flexibility index (Phi) is 6.49. The largest absolute Gasteiger partial charge is 0.497 e. The van der Waals surface area contributed by atoms with Gasteiger partial charge < -0.3 is 20.1 Å². The number of carbonyl (C=O) groups is 1. The highest BCUT2D eigenvalue weighted by Crippen LogP contribution is 2.26. The van der Waals surface area contributed by atoms with Crippen molar-refractivity contribution in [1.82, 2.24) is 4.90 Å². The molecule has 118 valence electrons. The first-order valence-corrected chi connectivity index (χ1v) is 7.19. The minimum Gasteiger partial charge on any atom is -0.497 e. The topological polar surface area (TPSA) is 64.8 Å². The Hall–Kier alpha value is -1.75. The maximum Gasteiger partial charge on any atom is 0.262 e. The first kappa shape index (κ1) is 17.3. The molecule has 2 unspecified atom stereocenters. The van der Waals surface area contributed by atoms with Crippen LogP contribution in [0.3, 0.4) is 0 Å². The summed E-state index contributed by atoms with van der Waals surface area (Å²) >= 11 is 0. The lowest BCUT2D eigenvalue weighted by Crippen LogP contribution is -2.35. The number of methoxy groups -OCH3 is 1. The highest BCUT2D eigenvalue weighted by molar-refractivity contribution is 5.80. The van der Waals surface area contributed by atoms with Gasteiger partial charge in [-0.2, -0.15) is 0 Å². The van der Waals surface area contributed by atoms with E-state index in [2.05, 4.69) is 0 Å². The van der Waals surface area contributed by atoms with Gasteiger partial charge in [-0.25, -0.2) is 0 Å². The number of likely N-dealkylation sites (N-methyl/N-ethyl adjacent to an activating group) is 1. The molecule has 5 heteroatoms. The van der Waals surface area contributed by atoms with Crippen LogP contribution in [0.2, 0.25) is 0 Å². The lowest BCUT2D eigenvalue weighted by Gasteiger charge is -2.21. The molecule has 5 nitrogen and oxygen atoms in total. The Morgan fingerprint density at radius 3 is 2.57 bits per heavy atom. The van der Waals surface area contributed by atoms with E-state index >= 15 is 0 Å². The zero-order valence-corrected chi connectivity index (χ0v) is 13.6. The van der Waals surface area contributed by atoms with Gasteiger partial charge in [0.1, 0.15) is 11.5 Å². The van der Waals surface area contributed by atoms with E-state index in [1.54, 1.807) is 28.1 Å². The Morgan fingerprint density at radius 1 is 1.38 bits per heavy atom. The van der Waals surface area contributed by atoms with Crippen molar-refractivity contribution in [3.05, 3.63) is 23.8 Å². The van der Waals surface area contributed by atoms with E-state index in [9.17, 15) is 4.79 Å². The molecule has 0 fully saturated rings. The minimum absolute atomic E-state index is 0.0549. The molecule has 0 aromatic heterocycles. The summed E-state index contributed by atoms with van der Waals surface area (Å²) in [6.45, 7) is 3.79. The van der Waals surface area contributed by atoms with Gasteiger partial charge in [0.05, 0.1) is 7.11 Å². The lowest BCUT2D eigenvalue weighted by molar-refractivity contribution is -0.135. The smallest absolute Gasteiger partial charge is 0.262 e. The summed E-state index contributed by atoms with van der Waals surface area (Å²) in [5.74, 6) is 1.37. The fourth-order valence-electron chi connectivity index (χ4n) is 1.99. The molecule has 0 radical (unpaired) electrons. The van der Waals surface area contributed by atoms with Crippen LogP contribution < -0.4 is 15.2 Å². The van der Waals surface area contributed by atoms with Crippen LogP contribution >= 0.6 is 0 Å². The van der Waals surface area contributed by atoms with Crippen molar-refractivity contribution in [3.8, 4) is 11.5 Å². The fraction of sp³-hybridized carbons (Fsp3) is 0.562. The highest BCUT2D eigenvalue weighted by atomic mass is 16.5. The molecule has 0 spiro atoms. The Morgan fingerprint density at radius 2 is 2.05 bits per heavy atom. The van der Waals surface area contributed by atoms with Crippen molar-refractivity contribution in [2.45, 2.75) is 38.8 Å². The van der Waals surface area contributed by atoms with Crippen LogP contribution in [0.5, 0.6) is 11.5 Å². The van der Waals surface area contributed by atoms with Crippen molar-refractivity contribution in [2.24, 2.45) is 5.73 Å². The van der Waals surface area contributed by atoms with Crippen LogP contribution in [0.15, 0.2) is 18.2 Å². The van der Waals surface area contributed by atoms with E-state index in [0.717, 1.165) is 17.7 Å². The number of nitrogens with zero attached hydrogens (tertiary/aromatic N) is 1. The average molecular weight is 294 g/mol. The number of nitrogens with two attached hydrogens (primary N) is 1. The average Bonchev–Trinajstić information content (AvgIpc) is 2.47. The molecule has 0 bridgehead atoms. The maximum atomic E-state index is 11.9. The number of hydrogen-bond donors (Lipinski definition) is 1. The first-order chi connectivity index (χ1) is 9.88. The molecule has 0 heterocycles. The highest BCUT2D eigenvalue weighted by Gasteiger charge is 2.19. The molecule has 1 rings (SSSR count). The normalized spacial score (nSPS) is 13.4.